The van der Waals surface area contributed by atoms with Crippen molar-refractivity contribution in [3.05, 3.63) is 33.9 Å². The molecule has 0 radical (unpaired) electrons. The minimum absolute atomic E-state index is 0.0308. The van der Waals surface area contributed by atoms with Gasteiger partial charge in [0.1, 0.15) is 6.67 Å². The van der Waals surface area contributed by atoms with Gasteiger partial charge in [-0.2, -0.15) is 8.78 Å². The average Bonchev–Trinajstić information content (AvgIpc) is 2.17. The lowest BCUT2D eigenvalue weighted by atomic mass is 10.2. The van der Waals surface area contributed by atoms with Crippen LogP contribution in [0.5, 0.6) is 5.75 Å². The van der Waals surface area contributed by atoms with Gasteiger partial charge < -0.3 is 4.74 Å². The van der Waals surface area contributed by atoms with Crippen molar-refractivity contribution in [2.45, 2.75) is 13.3 Å². The lowest BCUT2D eigenvalue weighted by Crippen LogP contribution is -2.04. The smallest absolute Gasteiger partial charge is 0.387 e. The number of nitrogens with zero attached hydrogens (tertiary/aromatic N) is 1. The molecule has 1 aromatic rings. The maximum absolute atomic E-state index is 12.2. The first-order valence-electron chi connectivity index (χ1n) is 3.82. The van der Waals surface area contributed by atoms with Crippen molar-refractivity contribution >= 4 is 5.69 Å². The lowest BCUT2D eigenvalue weighted by molar-refractivity contribution is -0.386. The zero-order valence-corrected chi connectivity index (χ0v) is 7.32. The Balaban J connectivity index is 3.09. The van der Waals surface area contributed by atoms with E-state index in [2.05, 4.69) is 4.74 Å². The third-order valence-electron chi connectivity index (χ3n) is 1.59. The van der Waals surface area contributed by atoms with Gasteiger partial charge in [0.25, 0.3) is 0 Å². The molecule has 0 N–H and O–H groups in total. The largest absolute Gasteiger partial charge is 0.427 e. The van der Waals surface area contributed by atoms with Crippen LogP contribution >= 0.6 is 0 Å². The van der Waals surface area contributed by atoms with E-state index in [0.29, 0.717) is 0 Å². The third-order valence-corrected chi connectivity index (χ3v) is 1.59. The van der Waals surface area contributed by atoms with Crippen LogP contribution in [0.25, 0.3) is 0 Å². The summed E-state index contributed by atoms with van der Waals surface area (Å²) in [7, 11) is 0. The Bertz CT molecular complexity index is 370. The van der Waals surface area contributed by atoms with Crippen LogP contribution in [0.4, 0.5) is 18.9 Å². The Morgan fingerprint density at radius 3 is 2.60 bits per heavy atom. The molecule has 15 heavy (non-hydrogen) atoms. The average molecular weight is 221 g/mol. The topological polar surface area (TPSA) is 52.4 Å². The van der Waals surface area contributed by atoms with E-state index in [4.69, 9.17) is 0 Å². The lowest BCUT2D eigenvalue weighted by Gasteiger charge is -2.05. The van der Waals surface area contributed by atoms with Crippen molar-refractivity contribution in [3.8, 4) is 5.75 Å². The molecule has 0 fully saturated rings. The normalized spacial score (nSPS) is 10.4. The van der Waals surface area contributed by atoms with Crippen molar-refractivity contribution in [2.24, 2.45) is 0 Å². The molecule has 7 heteroatoms. The van der Waals surface area contributed by atoms with Gasteiger partial charge in [-0.05, 0) is 11.6 Å². The Morgan fingerprint density at radius 1 is 1.47 bits per heavy atom. The fourth-order valence-electron chi connectivity index (χ4n) is 0.984. The molecule has 0 saturated heterocycles. The first-order valence-corrected chi connectivity index (χ1v) is 3.82. The van der Waals surface area contributed by atoms with Gasteiger partial charge >= 0.3 is 12.3 Å². The number of benzene rings is 1. The van der Waals surface area contributed by atoms with E-state index in [1.54, 1.807) is 0 Å². The van der Waals surface area contributed by atoms with Gasteiger partial charge in [0.05, 0.1) is 4.92 Å². The van der Waals surface area contributed by atoms with Crippen LogP contribution in [0, 0.1) is 10.1 Å². The Kier molecular flexibility index (Phi) is 3.48. The fourth-order valence-corrected chi connectivity index (χ4v) is 0.984. The summed E-state index contributed by atoms with van der Waals surface area (Å²) in [5.41, 5.74) is -0.645. The Labute approximate surface area is 82.4 Å². The molecule has 0 spiro atoms. The minimum Gasteiger partial charge on any atom is -0.427 e. The summed E-state index contributed by atoms with van der Waals surface area (Å²) in [6.07, 6.45) is 0. The number of hydrogen-bond donors (Lipinski definition) is 0. The standard InChI is InChI=1S/C8H6F3NO3/c9-4-5-1-2-7(15-8(10)11)6(3-5)12(13)14/h1-3,8H,4H2. The molecule has 0 atom stereocenters. The fraction of sp³-hybridized carbons (Fsp3) is 0.250. The van der Waals surface area contributed by atoms with Crippen molar-refractivity contribution in [1.82, 2.24) is 0 Å². The number of rotatable bonds is 4. The summed E-state index contributed by atoms with van der Waals surface area (Å²) in [6, 6.07) is 2.95. The molecular formula is C8H6F3NO3. The summed E-state index contributed by atoms with van der Waals surface area (Å²) in [4.78, 5) is 9.52. The molecule has 0 aliphatic heterocycles. The van der Waals surface area contributed by atoms with Gasteiger partial charge in [0.2, 0.25) is 5.75 Å². The summed E-state index contributed by atoms with van der Waals surface area (Å²) in [6.45, 7) is -4.06. The highest BCUT2D eigenvalue weighted by atomic mass is 19.3. The van der Waals surface area contributed by atoms with Crippen molar-refractivity contribution < 1.29 is 22.8 Å². The molecule has 0 saturated carbocycles. The van der Waals surface area contributed by atoms with E-state index in [1.165, 1.54) is 0 Å². The van der Waals surface area contributed by atoms with E-state index in [1.807, 2.05) is 0 Å². The van der Waals surface area contributed by atoms with Crippen LogP contribution in [0.15, 0.2) is 18.2 Å². The van der Waals surface area contributed by atoms with Crippen LogP contribution in [-0.4, -0.2) is 11.5 Å². The van der Waals surface area contributed by atoms with Gasteiger partial charge in [-0.25, -0.2) is 4.39 Å². The van der Waals surface area contributed by atoms with Crippen LogP contribution < -0.4 is 4.74 Å². The molecule has 1 rings (SSSR count). The number of alkyl halides is 3. The Hall–Kier alpha value is -1.79. The molecule has 0 aliphatic rings. The highest BCUT2D eigenvalue weighted by Gasteiger charge is 2.18. The number of hydrogen-bond acceptors (Lipinski definition) is 3. The molecule has 0 unspecified atom stereocenters. The summed E-state index contributed by atoms with van der Waals surface area (Å²) in [5, 5.41) is 10.4. The quantitative estimate of drug-likeness (QED) is 0.580. The zero-order valence-electron chi connectivity index (χ0n) is 7.32. The number of halogens is 3. The van der Waals surface area contributed by atoms with Crippen LogP contribution in [0.1, 0.15) is 5.56 Å². The van der Waals surface area contributed by atoms with E-state index in [0.717, 1.165) is 18.2 Å². The second kappa shape index (κ2) is 4.63. The molecule has 0 amide bonds. The summed E-state index contributed by atoms with van der Waals surface area (Å²) in [5.74, 6) is -0.577. The van der Waals surface area contributed by atoms with Crippen molar-refractivity contribution in [3.63, 3.8) is 0 Å². The monoisotopic (exact) mass is 221 g/mol. The number of ether oxygens (including phenoxy) is 1. The van der Waals surface area contributed by atoms with Crippen molar-refractivity contribution in [1.29, 1.82) is 0 Å². The van der Waals surface area contributed by atoms with Gasteiger partial charge in [0, 0.05) is 6.07 Å². The van der Waals surface area contributed by atoms with Crippen molar-refractivity contribution in [2.75, 3.05) is 0 Å². The second-order valence-electron chi connectivity index (χ2n) is 2.57. The first kappa shape index (κ1) is 11.3. The van der Waals surface area contributed by atoms with Gasteiger partial charge in [-0.3, -0.25) is 10.1 Å². The van der Waals surface area contributed by atoms with Gasteiger partial charge in [-0.1, -0.05) is 6.07 Å². The number of nitro groups is 1. The zero-order chi connectivity index (χ0) is 11.4. The molecule has 4 nitrogen and oxygen atoms in total. The van der Waals surface area contributed by atoms with E-state index in [9.17, 15) is 23.3 Å². The van der Waals surface area contributed by atoms with Crippen LogP contribution in [-0.2, 0) is 6.67 Å². The molecule has 82 valence electrons. The van der Waals surface area contributed by atoms with Crippen LogP contribution in [0.2, 0.25) is 0 Å². The predicted molar refractivity (Wildman–Crippen MR) is 44.5 cm³/mol. The summed E-state index contributed by atoms with van der Waals surface area (Å²) < 4.78 is 39.7. The molecular weight excluding hydrogens is 215 g/mol. The molecule has 0 aliphatic carbocycles. The van der Waals surface area contributed by atoms with Gasteiger partial charge in [0.15, 0.2) is 0 Å². The highest BCUT2D eigenvalue weighted by Crippen LogP contribution is 2.29. The van der Waals surface area contributed by atoms with E-state index in [-0.39, 0.29) is 5.56 Å². The third kappa shape index (κ3) is 2.83. The molecule has 0 aromatic heterocycles. The second-order valence-corrected chi connectivity index (χ2v) is 2.57. The predicted octanol–water partition coefficient (Wildman–Crippen LogP) is 2.67. The summed E-state index contributed by atoms with van der Waals surface area (Å²) >= 11 is 0. The molecule has 1 aromatic carbocycles. The molecule has 0 bridgehead atoms. The van der Waals surface area contributed by atoms with Crippen LogP contribution in [0.3, 0.4) is 0 Å². The highest BCUT2D eigenvalue weighted by molar-refractivity contribution is 5.48. The molecule has 0 heterocycles. The first-order chi connectivity index (χ1) is 7.04. The van der Waals surface area contributed by atoms with E-state index >= 15 is 0 Å². The van der Waals surface area contributed by atoms with Gasteiger partial charge in [-0.15, -0.1) is 0 Å². The number of nitro benzene ring substituents is 1. The SMILES string of the molecule is O=[N+]([O-])c1cc(CF)ccc1OC(F)F. The minimum atomic E-state index is -3.15. The maximum Gasteiger partial charge on any atom is 0.387 e. The Morgan fingerprint density at radius 2 is 2.13 bits per heavy atom. The van der Waals surface area contributed by atoms with E-state index < -0.39 is 29.6 Å². The maximum atomic E-state index is 12.2.